The molecule has 4 heteroatoms. The number of alkyl halides is 1. The van der Waals surface area contributed by atoms with E-state index in [4.69, 9.17) is 11.6 Å². The molecule has 0 saturated carbocycles. The summed E-state index contributed by atoms with van der Waals surface area (Å²) in [4.78, 5) is 11.8. The molecule has 0 aliphatic carbocycles. The summed E-state index contributed by atoms with van der Waals surface area (Å²) in [5, 5.41) is 6.35. The molecule has 2 aromatic rings. The molecule has 0 spiro atoms. The van der Waals surface area contributed by atoms with Gasteiger partial charge in [-0.3, -0.25) is 4.79 Å². The molecule has 1 aromatic heterocycles. The number of benzene rings is 1. The van der Waals surface area contributed by atoms with E-state index in [1.165, 1.54) is 5.56 Å². The van der Waals surface area contributed by atoms with Gasteiger partial charge in [0.1, 0.15) is 5.38 Å². The van der Waals surface area contributed by atoms with Crippen molar-refractivity contribution >= 4 is 28.8 Å². The minimum absolute atomic E-state index is 0.141. The predicted octanol–water partition coefficient (Wildman–Crippen LogP) is 3.39. The molecule has 0 bridgehead atoms. The van der Waals surface area contributed by atoms with Crippen molar-refractivity contribution in [3.8, 4) is 0 Å². The first kappa shape index (κ1) is 13.1. The summed E-state index contributed by atoms with van der Waals surface area (Å²) in [5.41, 5.74) is 2.07. The third-order valence-electron chi connectivity index (χ3n) is 2.62. The van der Waals surface area contributed by atoms with Crippen LogP contribution in [0.3, 0.4) is 0 Å². The number of rotatable bonds is 5. The number of nitrogens with one attached hydrogen (secondary N) is 1. The van der Waals surface area contributed by atoms with E-state index < -0.39 is 5.38 Å². The van der Waals surface area contributed by atoms with Crippen LogP contribution in [0.5, 0.6) is 0 Å². The quantitative estimate of drug-likeness (QED) is 0.835. The molecule has 1 unspecified atom stereocenters. The highest BCUT2D eigenvalue weighted by Gasteiger charge is 2.16. The normalized spacial score (nSPS) is 12.1. The van der Waals surface area contributed by atoms with Crippen molar-refractivity contribution in [1.29, 1.82) is 0 Å². The highest BCUT2D eigenvalue weighted by molar-refractivity contribution is 7.07. The van der Waals surface area contributed by atoms with Crippen LogP contribution < -0.4 is 5.32 Å². The largest absolute Gasteiger partial charge is 0.354 e. The lowest BCUT2D eigenvalue weighted by atomic mass is 10.1. The van der Waals surface area contributed by atoms with Crippen LogP contribution in [-0.4, -0.2) is 12.5 Å². The maximum absolute atomic E-state index is 11.8. The monoisotopic (exact) mass is 279 g/mol. The number of carbonyl (C=O) groups excluding carboxylic acids is 1. The highest BCUT2D eigenvalue weighted by Crippen LogP contribution is 2.19. The zero-order chi connectivity index (χ0) is 12.8. The number of amides is 1. The van der Waals surface area contributed by atoms with Crippen molar-refractivity contribution in [2.45, 2.75) is 11.8 Å². The topological polar surface area (TPSA) is 29.1 Å². The Bertz CT molecular complexity index is 484. The molecule has 1 amide bonds. The van der Waals surface area contributed by atoms with Crippen LogP contribution in [0.2, 0.25) is 0 Å². The predicted molar refractivity (Wildman–Crippen MR) is 76.1 cm³/mol. The lowest BCUT2D eigenvalue weighted by Crippen LogP contribution is -2.28. The van der Waals surface area contributed by atoms with Gasteiger partial charge in [-0.25, -0.2) is 0 Å². The Morgan fingerprint density at radius 2 is 2.06 bits per heavy atom. The van der Waals surface area contributed by atoms with Gasteiger partial charge in [0.05, 0.1) is 0 Å². The third kappa shape index (κ3) is 3.59. The van der Waals surface area contributed by atoms with Gasteiger partial charge in [-0.15, -0.1) is 11.6 Å². The summed E-state index contributed by atoms with van der Waals surface area (Å²) in [5.74, 6) is -0.141. The molecule has 0 aliphatic heterocycles. The van der Waals surface area contributed by atoms with E-state index in [1.807, 2.05) is 35.7 Å². The number of carbonyl (C=O) groups is 1. The second-order valence-electron chi connectivity index (χ2n) is 3.95. The van der Waals surface area contributed by atoms with E-state index in [0.29, 0.717) is 6.54 Å². The van der Waals surface area contributed by atoms with E-state index in [-0.39, 0.29) is 5.91 Å². The number of halogens is 1. The Labute approximate surface area is 116 Å². The summed E-state index contributed by atoms with van der Waals surface area (Å²) >= 11 is 7.77. The summed E-state index contributed by atoms with van der Waals surface area (Å²) < 4.78 is 0. The van der Waals surface area contributed by atoms with E-state index in [1.54, 1.807) is 11.3 Å². The maximum atomic E-state index is 11.8. The second-order valence-corrected chi connectivity index (χ2v) is 5.16. The molecule has 94 valence electrons. The summed E-state index contributed by atoms with van der Waals surface area (Å²) in [6.45, 7) is 0.617. The Morgan fingerprint density at radius 1 is 1.28 bits per heavy atom. The van der Waals surface area contributed by atoms with Crippen LogP contribution >= 0.6 is 22.9 Å². The van der Waals surface area contributed by atoms with Crippen LogP contribution in [0.4, 0.5) is 0 Å². The van der Waals surface area contributed by atoms with Crippen LogP contribution in [0.15, 0.2) is 47.2 Å². The van der Waals surface area contributed by atoms with Gasteiger partial charge in [-0.2, -0.15) is 11.3 Å². The molecule has 2 nitrogen and oxygen atoms in total. The smallest absolute Gasteiger partial charge is 0.242 e. The van der Waals surface area contributed by atoms with Crippen LogP contribution in [0.1, 0.15) is 16.5 Å². The Hall–Kier alpha value is -1.32. The van der Waals surface area contributed by atoms with Gasteiger partial charge < -0.3 is 5.32 Å². The first-order valence-corrected chi connectivity index (χ1v) is 7.13. The van der Waals surface area contributed by atoms with Crippen molar-refractivity contribution in [3.05, 3.63) is 58.3 Å². The fourth-order valence-electron chi connectivity index (χ4n) is 1.63. The molecule has 0 aliphatic rings. The maximum Gasteiger partial charge on any atom is 0.242 e. The summed E-state index contributed by atoms with van der Waals surface area (Å²) in [6, 6.07) is 11.4. The molecule has 1 N–H and O–H groups in total. The summed E-state index contributed by atoms with van der Waals surface area (Å²) in [7, 11) is 0. The van der Waals surface area contributed by atoms with Crippen LogP contribution in [0, 0.1) is 0 Å². The molecular formula is C14H14ClNOS. The fraction of sp³-hybridized carbons (Fsp3) is 0.214. The van der Waals surface area contributed by atoms with Crippen molar-refractivity contribution in [3.63, 3.8) is 0 Å². The van der Waals surface area contributed by atoms with E-state index >= 15 is 0 Å². The lowest BCUT2D eigenvalue weighted by Gasteiger charge is -2.10. The van der Waals surface area contributed by atoms with E-state index in [0.717, 1.165) is 12.0 Å². The number of hydrogen-bond acceptors (Lipinski definition) is 2. The van der Waals surface area contributed by atoms with Gasteiger partial charge in [0.2, 0.25) is 5.91 Å². The average Bonchev–Trinajstić information content (AvgIpc) is 2.92. The molecule has 1 heterocycles. The van der Waals surface area contributed by atoms with Crippen molar-refractivity contribution < 1.29 is 4.79 Å². The zero-order valence-electron chi connectivity index (χ0n) is 9.80. The molecule has 18 heavy (non-hydrogen) atoms. The SMILES string of the molecule is O=C(NCCc1ccsc1)C(Cl)c1ccccc1. The Balaban J connectivity index is 1.81. The molecule has 1 atom stereocenters. The van der Waals surface area contributed by atoms with Crippen LogP contribution in [0.25, 0.3) is 0 Å². The minimum atomic E-state index is -0.617. The van der Waals surface area contributed by atoms with Gasteiger partial charge in [-0.1, -0.05) is 30.3 Å². The van der Waals surface area contributed by atoms with Gasteiger partial charge in [0.25, 0.3) is 0 Å². The first-order valence-electron chi connectivity index (χ1n) is 5.75. The van der Waals surface area contributed by atoms with E-state index in [2.05, 4.69) is 16.8 Å². The minimum Gasteiger partial charge on any atom is -0.354 e. The highest BCUT2D eigenvalue weighted by atomic mass is 35.5. The Morgan fingerprint density at radius 3 is 2.72 bits per heavy atom. The molecule has 0 radical (unpaired) electrons. The first-order chi connectivity index (χ1) is 8.77. The zero-order valence-corrected chi connectivity index (χ0v) is 11.4. The van der Waals surface area contributed by atoms with Crippen molar-refractivity contribution in [2.24, 2.45) is 0 Å². The van der Waals surface area contributed by atoms with E-state index in [9.17, 15) is 4.79 Å². The molecule has 1 aromatic carbocycles. The molecule has 0 fully saturated rings. The number of hydrogen-bond donors (Lipinski definition) is 1. The number of thiophene rings is 1. The van der Waals surface area contributed by atoms with Crippen molar-refractivity contribution in [2.75, 3.05) is 6.54 Å². The standard InChI is InChI=1S/C14H14ClNOS/c15-13(12-4-2-1-3-5-12)14(17)16-8-6-11-7-9-18-10-11/h1-5,7,9-10,13H,6,8H2,(H,16,17). The van der Waals surface area contributed by atoms with Crippen molar-refractivity contribution in [1.82, 2.24) is 5.32 Å². The molecule has 2 rings (SSSR count). The van der Waals surface area contributed by atoms with Gasteiger partial charge in [0.15, 0.2) is 0 Å². The Kier molecular flexibility index (Phi) is 4.79. The summed E-state index contributed by atoms with van der Waals surface area (Å²) in [6.07, 6.45) is 0.841. The van der Waals surface area contributed by atoms with Crippen LogP contribution in [-0.2, 0) is 11.2 Å². The average molecular weight is 280 g/mol. The second kappa shape index (κ2) is 6.57. The van der Waals surface area contributed by atoms with Gasteiger partial charge in [0, 0.05) is 6.54 Å². The third-order valence-corrected chi connectivity index (χ3v) is 3.80. The molecule has 0 saturated heterocycles. The van der Waals surface area contributed by atoms with Gasteiger partial charge >= 0.3 is 0 Å². The molecular weight excluding hydrogens is 266 g/mol. The van der Waals surface area contributed by atoms with Gasteiger partial charge in [-0.05, 0) is 34.4 Å². The lowest BCUT2D eigenvalue weighted by molar-refractivity contribution is -0.120. The fourth-order valence-corrected chi connectivity index (χ4v) is 2.55.